The van der Waals surface area contributed by atoms with Gasteiger partial charge in [0, 0.05) is 5.56 Å². The molecule has 1 N–H and O–H groups in total. The van der Waals surface area contributed by atoms with Crippen molar-refractivity contribution < 1.29 is 19.1 Å². The molecule has 1 aliphatic rings. The van der Waals surface area contributed by atoms with Crippen molar-refractivity contribution in [3.63, 3.8) is 0 Å². The summed E-state index contributed by atoms with van der Waals surface area (Å²) < 4.78 is 5.03. The molecule has 1 aliphatic carbocycles. The van der Waals surface area contributed by atoms with Gasteiger partial charge >= 0.3 is 0 Å². The van der Waals surface area contributed by atoms with Gasteiger partial charge in [0.15, 0.2) is 5.78 Å². The summed E-state index contributed by atoms with van der Waals surface area (Å²) in [7, 11) is 1.54. The number of ether oxygens (including phenoxy) is 1. The van der Waals surface area contributed by atoms with Gasteiger partial charge in [-0.3, -0.25) is 14.4 Å². The van der Waals surface area contributed by atoms with Crippen LogP contribution in [0.4, 0.5) is 0 Å². The van der Waals surface area contributed by atoms with Gasteiger partial charge in [-0.15, -0.1) is 0 Å². The number of hydrogen-bond acceptors (Lipinski definition) is 4. The minimum absolute atomic E-state index is 0.166. The Labute approximate surface area is 120 Å². The van der Waals surface area contributed by atoms with Crippen LogP contribution in [0.15, 0.2) is 42.5 Å². The van der Waals surface area contributed by atoms with Crippen LogP contribution in [0, 0.1) is 0 Å². The molecule has 0 spiro atoms. The van der Waals surface area contributed by atoms with E-state index in [1.807, 2.05) is 0 Å². The van der Waals surface area contributed by atoms with Crippen LogP contribution in [0.1, 0.15) is 36.9 Å². The summed E-state index contributed by atoms with van der Waals surface area (Å²) in [6.45, 7) is 0. The zero-order valence-corrected chi connectivity index (χ0v) is 11.2. The summed E-state index contributed by atoms with van der Waals surface area (Å²) >= 11 is 0. The largest absolute Gasteiger partial charge is 0.497 e. The first-order valence-electron chi connectivity index (χ1n) is 6.28. The lowest BCUT2D eigenvalue weighted by Crippen LogP contribution is -2.09. The number of carbonyl (C=O) groups excluding carboxylic acids is 3. The minimum atomic E-state index is -0.307. The molecule has 1 aromatic carbocycles. The van der Waals surface area contributed by atoms with E-state index in [1.165, 1.54) is 18.2 Å². The van der Waals surface area contributed by atoms with E-state index in [0.29, 0.717) is 11.3 Å². The standard InChI is InChI=1S/C16H11NO4/c1-21-10-4-2-9(3-5-10)16(20)12-8-11-13(18)6-7-14(19)15(11)17-12/h2-8,17H,1H3. The fourth-order valence-corrected chi connectivity index (χ4v) is 2.19. The van der Waals surface area contributed by atoms with Crippen molar-refractivity contribution in [2.75, 3.05) is 7.11 Å². The highest BCUT2D eigenvalue weighted by Crippen LogP contribution is 2.20. The molecule has 2 aromatic rings. The van der Waals surface area contributed by atoms with Gasteiger partial charge in [-0.2, -0.15) is 0 Å². The van der Waals surface area contributed by atoms with Gasteiger partial charge in [0.2, 0.25) is 11.6 Å². The first kappa shape index (κ1) is 13.1. The summed E-state index contributed by atoms with van der Waals surface area (Å²) in [5, 5.41) is 0. The molecule has 104 valence electrons. The Morgan fingerprint density at radius 2 is 1.71 bits per heavy atom. The molecule has 21 heavy (non-hydrogen) atoms. The zero-order valence-electron chi connectivity index (χ0n) is 11.2. The Kier molecular flexibility index (Phi) is 3.02. The highest BCUT2D eigenvalue weighted by atomic mass is 16.5. The van der Waals surface area contributed by atoms with E-state index >= 15 is 0 Å². The third kappa shape index (κ3) is 2.18. The van der Waals surface area contributed by atoms with Gasteiger partial charge in [-0.1, -0.05) is 0 Å². The molecule has 3 rings (SSSR count). The van der Waals surface area contributed by atoms with Gasteiger partial charge in [0.25, 0.3) is 0 Å². The smallest absolute Gasteiger partial charge is 0.209 e. The van der Waals surface area contributed by atoms with Crippen molar-refractivity contribution in [3.8, 4) is 5.75 Å². The second-order valence-corrected chi connectivity index (χ2v) is 4.59. The monoisotopic (exact) mass is 281 g/mol. The summed E-state index contributed by atoms with van der Waals surface area (Å²) in [5.74, 6) is -0.229. The SMILES string of the molecule is COc1ccc(C(=O)c2cc3c([nH]2)C(=O)C=CC3=O)cc1. The van der Waals surface area contributed by atoms with Gasteiger partial charge in [-0.25, -0.2) is 0 Å². The maximum absolute atomic E-state index is 12.4. The summed E-state index contributed by atoms with van der Waals surface area (Å²) in [5.41, 5.74) is 1.07. The van der Waals surface area contributed by atoms with E-state index in [2.05, 4.69) is 4.98 Å². The van der Waals surface area contributed by atoms with Crippen LogP contribution in [0.2, 0.25) is 0 Å². The van der Waals surface area contributed by atoms with Crippen LogP contribution in [0.3, 0.4) is 0 Å². The number of fused-ring (bicyclic) bond motifs is 1. The maximum Gasteiger partial charge on any atom is 0.209 e. The second kappa shape index (κ2) is 4.86. The Morgan fingerprint density at radius 3 is 2.33 bits per heavy atom. The average Bonchev–Trinajstić information content (AvgIpc) is 2.97. The third-order valence-electron chi connectivity index (χ3n) is 3.31. The fraction of sp³-hybridized carbons (Fsp3) is 0.0625. The van der Waals surface area contributed by atoms with Crippen molar-refractivity contribution in [1.82, 2.24) is 4.98 Å². The molecule has 0 radical (unpaired) electrons. The quantitative estimate of drug-likeness (QED) is 0.875. The van der Waals surface area contributed by atoms with E-state index in [9.17, 15) is 14.4 Å². The van der Waals surface area contributed by atoms with Crippen LogP contribution in [-0.4, -0.2) is 29.4 Å². The van der Waals surface area contributed by atoms with Gasteiger partial charge in [-0.05, 0) is 42.5 Å². The van der Waals surface area contributed by atoms with Gasteiger partial charge in [0.05, 0.1) is 24.1 Å². The Morgan fingerprint density at radius 1 is 1.05 bits per heavy atom. The van der Waals surface area contributed by atoms with Crippen molar-refractivity contribution in [3.05, 3.63) is 65.0 Å². The van der Waals surface area contributed by atoms with E-state index in [0.717, 1.165) is 0 Å². The van der Waals surface area contributed by atoms with E-state index in [-0.39, 0.29) is 34.3 Å². The number of carbonyl (C=O) groups is 3. The number of rotatable bonds is 3. The molecule has 0 saturated carbocycles. The number of aromatic nitrogens is 1. The van der Waals surface area contributed by atoms with Gasteiger partial charge in [0.1, 0.15) is 5.75 Å². The lowest BCUT2D eigenvalue weighted by Gasteiger charge is -2.01. The number of aromatic amines is 1. The normalized spacial score (nSPS) is 13.2. The number of benzene rings is 1. The molecule has 0 saturated heterocycles. The van der Waals surface area contributed by atoms with Gasteiger partial charge < -0.3 is 9.72 Å². The number of nitrogens with one attached hydrogen (secondary N) is 1. The number of H-pyrrole nitrogens is 1. The molecule has 0 atom stereocenters. The molecule has 0 amide bonds. The molecule has 5 nitrogen and oxygen atoms in total. The lowest BCUT2D eigenvalue weighted by atomic mass is 10.0. The van der Waals surface area contributed by atoms with Crippen molar-refractivity contribution in [1.29, 1.82) is 0 Å². The molecule has 0 fully saturated rings. The summed E-state index contributed by atoms with van der Waals surface area (Å²) in [4.78, 5) is 38.5. The number of allylic oxidation sites excluding steroid dienone is 2. The Hall–Kier alpha value is -2.95. The summed E-state index contributed by atoms with van der Waals surface area (Å²) in [6.07, 6.45) is 2.41. The molecular weight excluding hydrogens is 270 g/mol. The molecule has 0 unspecified atom stereocenters. The molecule has 1 aromatic heterocycles. The van der Waals surface area contributed by atoms with Crippen LogP contribution in [0.5, 0.6) is 5.75 Å². The predicted molar refractivity (Wildman–Crippen MR) is 75.0 cm³/mol. The number of methoxy groups -OCH3 is 1. The lowest BCUT2D eigenvalue weighted by molar-refractivity contribution is 0.0991. The molecule has 0 aliphatic heterocycles. The first-order valence-corrected chi connectivity index (χ1v) is 6.28. The van der Waals surface area contributed by atoms with E-state index in [1.54, 1.807) is 31.4 Å². The molecule has 1 heterocycles. The molecule has 0 bridgehead atoms. The van der Waals surface area contributed by atoms with Crippen molar-refractivity contribution >= 4 is 17.3 Å². The maximum atomic E-state index is 12.4. The Bertz CT molecular complexity index is 746. The van der Waals surface area contributed by atoms with Crippen LogP contribution >= 0.6 is 0 Å². The van der Waals surface area contributed by atoms with Crippen molar-refractivity contribution in [2.24, 2.45) is 0 Å². The van der Waals surface area contributed by atoms with E-state index < -0.39 is 0 Å². The Balaban J connectivity index is 1.97. The van der Waals surface area contributed by atoms with E-state index in [4.69, 9.17) is 4.74 Å². The van der Waals surface area contributed by atoms with Crippen LogP contribution < -0.4 is 4.74 Å². The average molecular weight is 281 g/mol. The third-order valence-corrected chi connectivity index (χ3v) is 3.31. The number of ketones is 3. The fourth-order valence-electron chi connectivity index (χ4n) is 2.19. The topological polar surface area (TPSA) is 76.2 Å². The van der Waals surface area contributed by atoms with Crippen LogP contribution in [-0.2, 0) is 0 Å². The molecular formula is C16H11NO4. The second-order valence-electron chi connectivity index (χ2n) is 4.59. The predicted octanol–water partition coefficient (Wildman–Crippen LogP) is 2.19. The van der Waals surface area contributed by atoms with Crippen molar-refractivity contribution in [2.45, 2.75) is 0 Å². The highest BCUT2D eigenvalue weighted by molar-refractivity contribution is 6.23. The minimum Gasteiger partial charge on any atom is -0.497 e. The molecule has 5 heteroatoms. The highest BCUT2D eigenvalue weighted by Gasteiger charge is 2.24. The van der Waals surface area contributed by atoms with Crippen LogP contribution in [0.25, 0.3) is 0 Å². The zero-order chi connectivity index (χ0) is 15.0. The summed E-state index contributed by atoms with van der Waals surface area (Å²) in [6, 6.07) is 8.03. The number of hydrogen-bond donors (Lipinski definition) is 1. The first-order chi connectivity index (χ1) is 10.1.